The molecule has 132 valence electrons. The van der Waals surface area contributed by atoms with Crippen LogP contribution in [0.2, 0.25) is 0 Å². The summed E-state index contributed by atoms with van der Waals surface area (Å²) in [6.07, 6.45) is 0.638. The molecule has 4 amide bonds. The molecule has 23 heavy (non-hydrogen) atoms. The summed E-state index contributed by atoms with van der Waals surface area (Å²) in [5.74, 6) is -0.394. The highest BCUT2D eigenvalue weighted by atomic mass is 16.2. The number of rotatable bonds is 10. The minimum atomic E-state index is -0.130. The Balaban J connectivity index is 4.19. The van der Waals surface area contributed by atoms with Crippen LogP contribution in [-0.4, -0.2) is 72.7 Å². The van der Waals surface area contributed by atoms with Crippen LogP contribution in [0.5, 0.6) is 0 Å². The molecule has 0 heterocycles. The minimum Gasteiger partial charge on any atom is -0.355 e. The molecule has 0 aromatic rings. The Morgan fingerprint density at radius 3 is 1.26 bits per heavy atom. The van der Waals surface area contributed by atoms with E-state index in [2.05, 4.69) is 10.6 Å². The zero-order valence-corrected chi connectivity index (χ0v) is 14.5. The van der Waals surface area contributed by atoms with Gasteiger partial charge in [0.05, 0.1) is 0 Å². The topological polar surface area (TPSA) is 98.8 Å². The predicted octanol–water partition coefficient (Wildman–Crippen LogP) is -0.654. The molecule has 0 aliphatic rings. The largest absolute Gasteiger partial charge is 0.355 e. The fourth-order valence-corrected chi connectivity index (χ4v) is 2.04. The van der Waals surface area contributed by atoms with Crippen molar-refractivity contribution in [1.82, 2.24) is 20.4 Å². The number of carbonyl (C=O) groups is 4. The van der Waals surface area contributed by atoms with E-state index >= 15 is 0 Å². The van der Waals surface area contributed by atoms with Gasteiger partial charge in [-0.05, 0) is 6.42 Å². The molecular weight excluding hydrogens is 300 g/mol. The van der Waals surface area contributed by atoms with Gasteiger partial charge in [-0.2, -0.15) is 0 Å². The van der Waals surface area contributed by atoms with Gasteiger partial charge in [0.15, 0.2) is 0 Å². The lowest BCUT2D eigenvalue weighted by Crippen LogP contribution is -2.40. The van der Waals surface area contributed by atoms with Crippen molar-refractivity contribution in [3.63, 3.8) is 0 Å². The van der Waals surface area contributed by atoms with Crippen molar-refractivity contribution in [2.24, 2.45) is 0 Å². The van der Waals surface area contributed by atoms with Gasteiger partial charge in [0, 0.05) is 67.0 Å². The third-order valence-corrected chi connectivity index (χ3v) is 3.26. The monoisotopic (exact) mass is 328 g/mol. The molecule has 0 unspecified atom stereocenters. The quantitative estimate of drug-likeness (QED) is 0.556. The highest BCUT2D eigenvalue weighted by Crippen LogP contribution is 1.97. The van der Waals surface area contributed by atoms with E-state index in [0.717, 1.165) is 0 Å². The molecule has 0 aliphatic heterocycles. The molecule has 0 saturated heterocycles. The van der Waals surface area contributed by atoms with Gasteiger partial charge < -0.3 is 20.4 Å². The van der Waals surface area contributed by atoms with Gasteiger partial charge in [0.25, 0.3) is 0 Å². The van der Waals surface area contributed by atoms with E-state index in [4.69, 9.17) is 0 Å². The second-order valence-electron chi connectivity index (χ2n) is 5.33. The Morgan fingerprint density at radius 2 is 1.00 bits per heavy atom. The summed E-state index contributed by atoms with van der Waals surface area (Å²) in [6, 6.07) is 0. The zero-order valence-electron chi connectivity index (χ0n) is 14.5. The third kappa shape index (κ3) is 11.1. The van der Waals surface area contributed by atoms with Gasteiger partial charge in [0.2, 0.25) is 23.6 Å². The summed E-state index contributed by atoms with van der Waals surface area (Å²) in [5.41, 5.74) is 0. The first kappa shape index (κ1) is 20.9. The van der Waals surface area contributed by atoms with Crippen molar-refractivity contribution >= 4 is 23.6 Å². The lowest BCUT2D eigenvalue weighted by Gasteiger charge is -2.25. The van der Waals surface area contributed by atoms with Crippen LogP contribution < -0.4 is 10.6 Å². The molecule has 0 aromatic carbocycles. The van der Waals surface area contributed by atoms with Gasteiger partial charge in [-0.1, -0.05) is 0 Å². The molecule has 0 aliphatic carbocycles. The zero-order chi connectivity index (χ0) is 17.8. The highest BCUT2D eigenvalue weighted by molar-refractivity contribution is 5.75. The van der Waals surface area contributed by atoms with Crippen LogP contribution in [0.3, 0.4) is 0 Å². The van der Waals surface area contributed by atoms with Crippen LogP contribution in [0, 0.1) is 0 Å². The Morgan fingerprint density at radius 1 is 0.652 bits per heavy atom. The molecule has 0 saturated carbocycles. The van der Waals surface area contributed by atoms with Crippen LogP contribution in [0.25, 0.3) is 0 Å². The lowest BCUT2D eigenvalue weighted by atomic mass is 10.3. The maximum Gasteiger partial charge on any atom is 0.219 e. The lowest BCUT2D eigenvalue weighted by molar-refractivity contribution is -0.130. The number of amides is 4. The average molecular weight is 328 g/mol. The minimum absolute atomic E-state index is 0.0667. The van der Waals surface area contributed by atoms with Gasteiger partial charge in [-0.25, -0.2) is 0 Å². The Labute approximate surface area is 137 Å². The molecule has 0 bridgehead atoms. The van der Waals surface area contributed by atoms with E-state index in [1.165, 1.54) is 27.7 Å². The number of nitrogens with zero attached hydrogens (tertiary/aromatic N) is 2. The molecule has 8 nitrogen and oxygen atoms in total. The SMILES string of the molecule is CC(=O)NCCN(CCCN(CCNC(C)=O)C(C)=O)C(C)=O. The first-order valence-corrected chi connectivity index (χ1v) is 7.74. The fraction of sp³-hybridized carbons (Fsp3) is 0.733. The molecule has 0 rings (SSSR count). The standard InChI is InChI=1S/C15H28N4O4/c1-12(20)16-6-10-18(14(3)22)8-5-9-19(15(4)23)11-7-17-13(2)21/h5-11H2,1-4H3,(H,16,20)(H,17,21). The molecule has 0 fully saturated rings. The van der Waals surface area contributed by atoms with E-state index in [1.54, 1.807) is 9.80 Å². The fourth-order valence-electron chi connectivity index (χ4n) is 2.04. The Hall–Kier alpha value is -2.12. The van der Waals surface area contributed by atoms with Crippen molar-refractivity contribution < 1.29 is 19.2 Å². The maximum absolute atomic E-state index is 11.6. The van der Waals surface area contributed by atoms with Gasteiger partial charge >= 0.3 is 0 Å². The summed E-state index contributed by atoms with van der Waals surface area (Å²) in [7, 11) is 0. The van der Waals surface area contributed by atoms with Gasteiger partial charge in [-0.3, -0.25) is 19.2 Å². The van der Waals surface area contributed by atoms with E-state index in [-0.39, 0.29) is 23.6 Å². The number of hydrogen-bond donors (Lipinski definition) is 2. The van der Waals surface area contributed by atoms with Crippen molar-refractivity contribution in [2.75, 3.05) is 39.3 Å². The summed E-state index contributed by atoms with van der Waals surface area (Å²) >= 11 is 0. The number of nitrogens with one attached hydrogen (secondary N) is 2. The van der Waals surface area contributed by atoms with Crippen LogP contribution in [0.15, 0.2) is 0 Å². The van der Waals surface area contributed by atoms with Crippen LogP contribution in [0.4, 0.5) is 0 Å². The van der Waals surface area contributed by atoms with E-state index in [9.17, 15) is 19.2 Å². The van der Waals surface area contributed by atoms with Crippen LogP contribution in [0.1, 0.15) is 34.1 Å². The summed E-state index contributed by atoms with van der Waals surface area (Å²) in [6.45, 7) is 8.55. The van der Waals surface area contributed by atoms with E-state index in [1.807, 2.05) is 0 Å². The van der Waals surface area contributed by atoms with Crippen molar-refractivity contribution in [2.45, 2.75) is 34.1 Å². The Kier molecular flexibility index (Phi) is 10.4. The summed E-state index contributed by atoms with van der Waals surface area (Å²) in [4.78, 5) is 48.1. The predicted molar refractivity (Wildman–Crippen MR) is 86.5 cm³/mol. The molecule has 0 radical (unpaired) electrons. The first-order valence-electron chi connectivity index (χ1n) is 7.74. The first-order chi connectivity index (χ1) is 10.7. The summed E-state index contributed by atoms with van der Waals surface area (Å²) in [5, 5.41) is 5.30. The number of hydrogen-bond acceptors (Lipinski definition) is 4. The molecule has 8 heteroatoms. The average Bonchev–Trinajstić information content (AvgIpc) is 2.42. The molecule has 0 atom stereocenters. The molecular formula is C15H28N4O4. The van der Waals surface area contributed by atoms with Gasteiger partial charge in [-0.15, -0.1) is 0 Å². The third-order valence-electron chi connectivity index (χ3n) is 3.26. The van der Waals surface area contributed by atoms with E-state index in [0.29, 0.717) is 45.7 Å². The van der Waals surface area contributed by atoms with Crippen molar-refractivity contribution in [1.29, 1.82) is 0 Å². The highest BCUT2D eigenvalue weighted by Gasteiger charge is 2.12. The normalized spacial score (nSPS) is 9.91. The molecule has 0 aromatic heterocycles. The number of carbonyl (C=O) groups excluding carboxylic acids is 4. The maximum atomic E-state index is 11.6. The van der Waals surface area contributed by atoms with Crippen molar-refractivity contribution in [3.8, 4) is 0 Å². The van der Waals surface area contributed by atoms with E-state index < -0.39 is 0 Å². The van der Waals surface area contributed by atoms with Crippen molar-refractivity contribution in [3.05, 3.63) is 0 Å². The molecule has 0 spiro atoms. The van der Waals surface area contributed by atoms with Crippen LogP contribution >= 0.6 is 0 Å². The second kappa shape index (κ2) is 11.4. The molecule has 2 N–H and O–H groups in total. The van der Waals surface area contributed by atoms with Gasteiger partial charge in [0.1, 0.15) is 0 Å². The second-order valence-corrected chi connectivity index (χ2v) is 5.33. The smallest absolute Gasteiger partial charge is 0.219 e. The Bertz CT molecular complexity index is 388. The summed E-state index contributed by atoms with van der Waals surface area (Å²) < 4.78 is 0. The van der Waals surface area contributed by atoms with Crippen LogP contribution in [-0.2, 0) is 19.2 Å².